The maximum Gasteiger partial charge on any atom is 0.341 e. The first-order valence-electron chi connectivity index (χ1n) is 8.36. The van der Waals surface area contributed by atoms with Crippen LogP contribution in [0.15, 0.2) is 0 Å². The molecule has 0 atom stereocenters. The Balaban J connectivity index is 2.94. The van der Waals surface area contributed by atoms with Crippen LogP contribution in [-0.2, 0) is 19.1 Å². The van der Waals surface area contributed by atoms with Gasteiger partial charge in [-0.3, -0.25) is 19.3 Å². The van der Waals surface area contributed by atoms with Crippen LogP contribution in [0.4, 0.5) is 5.00 Å². The van der Waals surface area contributed by atoms with E-state index in [9.17, 15) is 19.2 Å². The van der Waals surface area contributed by atoms with Crippen molar-refractivity contribution in [2.24, 2.45) is 5.73 Å². The van der Waals surface area contributed by atoms with Gasteiger partial charge >= 0.3 is 5.97 Å². The number of nitrogens with one attached hydrogen (secondary N) is 1. The fourth-order valence-corrected chi connectivity index (χ4v) is 3.27. The van der Waals surface area contributed by atoms with Crippen molar-refractivity contribution in [1.29, 1.82) is 0 Å². The molecule has 0 fully saturated rings. The fourth-order valence-electron chi connectivity index (χ4n) is 2.21. The Morgan fingerprint density at radius 1 is 1.11 bits per heavy atom. The predicted octanol–water partition coefficient (Wildman–Crippen LogP) is -0.0829. The van der Waals surface area contributed by atoms with E-state index in [0.717, 1.165) is 11.3 Å². The third-order valence-corrected chi connectivity index (χ3v) is 4.89. The van der Waals surface area contributed by atoms with Crippen molar-refractivity contribution in [3.63, 3.8) is 0 Å². The second-order valence-electron chi connectivity index (χ2n) is 6.26. The largest absolute Gasteiger partial charge is 0.460 e. The first-order chi connectivity index (χ1) is 13.1. The number of amides is 3. The molecule has 1 rings (SSSR count). The molecule has 1 aromatic rings. The number of esters is 1. The lowest BCUT2D eigenvalue weighted by Crippen LogP contribution is -2.38. The number of anilines is 1. The molecule has 0 aromatic carbocycles. The molecular formula is C17H26N4O6S. The van der Waals surface area contributed by atoms with Crippen LogP contribution in [0, 0.1) is 6.92 Å². The van der Waals surface area contributed by atoms with Crippen molar-refractivity contribution < 1.29 is 28.7 Å². The van der Waals surface area contributed by atoms with E-state index in [0.29, 0.717) is 5.56 Å². The van der Waals surface area contributed by atoms with E-state index in [-0.39, 0.29) is 47.7 Å². The smallest absolute Gasteiger partial charge is 0.341 e. The molecular weight excluding hydrogens is 388 g/mol. The first-order valence-corrected chi connectivity index (χ1v) is 9.17. The third kappa shape index (κ3) is 6.59. The highest BCUT2D eigenvalue weighted by molar-refractivity contribution is 7.18. The highest BCUT2D eigenvalue weighted by Crippen LogP contribution is 2.33. The molecule has 0 saturated carbocycles. The Labute approximate surface area is 167 Å². The molecule has 1 aromatic heterocycles. The van der Waals surface area contributed by atoms with Gasteiger partial charge in [0.15, 0.2) is 0 Å². The molecule has 0 aliphatic carbocycles. The van der Waals surface area contributed by atoms with Crippen molar-refractivity contribution in [1.82, 2.24) is 9.80 Å². The van der Waals surface area contributed by atoms with Crippen molar-refractivity contribution in [3.05, 3.63) is 16.0 Å². The number of primary amides is 1. The molecule has 156 valence electrons. The van der Waals surface area contributed by atoms with Crippen LogP contribution in [0.2, 0.25) is 0 Å². The van der Waals surface area contributed by atoms with Crippen LogP contribution in [0.25, 0.3) is 0 Å². The van der Waals surface area contributed by atoms with Gasteiger partial charge in [0.05, 0.1) is 30.1 Å². The van der Waals surface area contributed by atoms with Gasteiger partial charge in [-0.1, -0.05) is 0 Å². The Morgan fingerprint density at radius 2 is 1.75 bits per heavy atom. The molecule has 0 radical (unpaired) electrons. The van der Waals surface area contributed by atoms with E-state index < -0.39 is 17.8 Å². The quantitative estimate of drug-likeness (QED) is 0.404. The van der Waals surface area contributed by atoms with Crippen LogP contribution in [0.3, 0.4) is 0 Å². The number of methoxy groups -OCH3 is 1. The van der Waals surface area contributed by atoms with Crippen molar-refractivity contribution in [3.8, 4) is 0 Å². The highest BCUT2D eigenvalue weighted by Gasteiger charge is 2.26. The van der Waals surface area contributed by atoms with E-state index in [2.05, 4.69) is 5.32 Å². The maximum absolute atomic E-state index is 12.4. The second-order valence-corrected chi connectivity index (χ2v) is 7.28. The number of rotatable bonds is 10. The SMILES string of the molecule is COCCOC(=O)c1c(NC(=O)CN(C)CC(=O)N(C)C)sc(C(N)=O)c1C. The Kier molecular flexibility index (Phi) is 9.03. The summed E-state index contributed by atoms with van der Waals surface area (Å²) in [5, 5.41) is 2.78. The predicted molar refractivity (Wildman–Crippen MR) is 105 cm³/mol. The summed E-state index contributed by atoms with van der Waals surface area (Å²) in [4.78, 5) is 51.2. The third-order valence-electron chi connectivity index (χ3n) is 3.67. The zero-order valence-electron chi connectivity index (χ0n) is 16.7. The summed E-state index contributed by atoms with van der Waals surface area (Å²) in [5.41, 5.74) is 5.77. The number of hydrogen-bond acceptors (Lipinski definition) is 8. The minimum atomic E-state index is -0.706. The molecule has 10 nitrogen and oxygen atoms in total. The Bertz CT molecular complexity index is 746. The lowest BCUT2D eigenvalue weighted by molar-refractivity contribution is -0.130. The summed E-state index contributed by atoms with van der Waals surface area (Å²) >= 11 is 0.904. The Morgan fingerprint density at radius 3 is 2.29 bits per heavy atom. The van der Waals surface area contributed by atoms with E-state index in [4.69, 9.17) is 15.2 Å². The van der Waals surface area contributed by atoms with Crippen molar-refractivity contribution >= 4 is 40.0 Å². The van der Waals surface area contributed by atoms with Crippen LogP contribution < -0.4 is 11.1 Å². The molecule has 3 amide bonds. The van der Waals surface area contributed by atoms with Gasteiger partial charge in [-0.25, -0.2) is 4.79 Å². The van der Waals surface area contributed by atoms with Gasteiger partial charge in [0, 0.05) is 21.2 Å². The second kappa shape index (κ2) is 10.7. The van der Waals surface area contributed by atoms with E-state index >= 15 is 0 Å². The molecule has 0 saturated heterocycles. The van der Waals surface area contributed by atoms with Gasteiger partial charge in [0.1, 0.15) is 11.6 Å². The van der Waals surface area contributed by atoms with E-state index in [1.54, 1.807) is 28.1 Å². The summed E-state index contributed by atoms with van der Waals surface area (Å²) < 4.78 is 9.94. The average molecular weight is 414 g/mol. The molecule has 0 aliphatic rings. The number of thiophene rings is 1. The number of nitrogens with zero attached hydrogens (tertiary/aromatic N) is 2. The topological polar surface area (TPSA) is 131 Å². The summed E-state index contributed by atoms with van der Waals surface area (Å²) in [6.45, 7) is 1.77. The van der Waals surface area contributed by atoms with Crippen LogP contribution in [0.5, 0.6) is 0 Å². The average Bonchev–Trinajstić information content (AvgIpc) is 2.90. The molecule has 0 spiro atoms. The monoisotopic (exact) mass is 414 g/mol. The van der Waals surface area contributed by atoms with Gasteiger partial charge in [0.2, 0.25) is 11.8 Å². The number of carbonyl (C=O) groups is 4. The molecule has 11 heteroatoms. The molecule has 3 N–H and O–H groups in total. The summed E-state index contributed by atoms with van der Waals surface area (Å²) in [5.74, 6) is -2.00. The van der Waals surface area contributed by atoms with E-state index in [1.165, 1.54) is 16.9 Å². The van der Waals surface area contributed by atoms with Crippen molar-refractivity contribution in [2.45, 2.75) is 6.92 Å². The number of ether oxygens (including phenoxy) is 2. The Hall–Kier alpha value is -2.50. The van der Waals surface area contributed by atoms with Gasteiger partial charge in [0.25, 0.3) is 5.91 Å². The summed E-state index contributed by atoms with van der Waals surface area (Å²) in [6, 6.07) is 0. The fraction of sp³-hybridized carbons (Fsp3) is 0.529. The maximum atomic E-state index is 12.4. The first kappa shape index (κ1) is 23.5. The zero-order valence-corrected chi connectivity index (χ0v) is 17.5. The minimum Gasteiger partial charge on any atom is -0.460 e. The molecule has 28 heavy (non-hydrogen) atoms. The van der Waals surface area contributed by atoms with Crippen LogP contribution in [-0.4, -0.2) is 88.0 Å². The zero-order chi connectivity index (χ0) is 21.4. The number of nitrogens with two attached hydrogens (primary N) is 1. The van der Waals surface area contributed by atoms with Crippen LogP contribution in [0.1, 0.15) is 25.6 Å². The lowest BCUT2D eigenvalue weighted by atomic mass is 10.1. The normalized spacial score (nSPS) is 10.6. The van der Waals surface area contributed by atoms with Gasteiger partial charge in [-0.05, 0) is 19.5 Å². The van der Waals surface area contributed by atoms with Crippen LogP contribution >= 0.6 is 11.3 Å². The summed E-state index contributed by atoms with van der Waals surface area (Å²) in [6.07, 6.45) is 0. The highest BCUT2D eigenvalue weighted by atomic mass is 32.1. The van der Waals surface area contributed by atoms with E-state index in [1.807, 2.05) is 0 Å². The molecule has 1 heterocycles. The molecule has 0 aliphatic heterocycles. The van der Waals surface area contributed by atoms with Gasteiger partial charge < -0.3 is 25.4 Å². The molecule has 0 bridgehead atoms. The number of carbonyl (C=O) groups excluding carboxylic acids is 4. The van der Waals surface area contributed by atoms with Gasteiger partial charge in [-0.2, -0.15) is 0 Å². The number of hydrogen-bond donors (Lipinski definition) is 2. The molecule has 0 unspecified atom stereocenters. The number of likely N-dealkylation sites (N-methyl/N-ethyl adjacent to an activating group) is 2. The minimum absolute atomic E-state index is 0.0271. The lowest BCUT2D eigenvalue weighted by Gasteiger charge is -2.18. The summed E-state index contributed by atoms with van der Waals surface area (Å²) in [7, 11) is 6.34. The van der Waals surface area contributed by atoms with Gasteiger partial charge in [-0.15, -0.1) is 11.3 Å². The standard InChI is InChI=1S/C17H26N4O6S/c1-10-13(17(25)27-7-6-26-5)16(28-14(10)15(18)24)19-11(22)8-21(4)9-12(23)20(2)3/h6-9H2,1-5H3,(H2,18,24)(H,19,22). The van der Waals surface area contributed by atoms with Crippen molar-refractivity contribution in [2.75, 3.05) is 59.9 Å².